The number of fused-ring (bicyclic) bond motifs is 4. The fraction of sp³-hybridized carbons (Fsp3) is 0.500. The molecule has 0 aliphatic carbocycles. The molecule has 2 N–H and O–H groups in total. The number of nitriles is 1. The minimum absolute atomic E-state index is 0.0211. The number of piperidine rings is 1. The quantitative estimate of drug-likeness (QED) is 0.192. The molecule has 0 bridgehead atoms. The normalized spacial score (nSPS) is 25.0. The molecule has 3 unspecified atom stereocenters. The van der Waals surface area contributed by atoms with Gasteiger partial charge in [-0.1, -0.05) is 17.7 Å². The average Bonchev–Trinajstić information content (AvgIpc) is 3.73. The van der Waals surface area contributed by atoms with E-state index in [4.69, 9.17) is 36.5 Å². The van der Waals surface area contributed by atoms with E-state index in [-0.39, 0.29) is 97.6 Å². The van der Waals surface area contributed by atoms with E-state index in [2.05, 4.69) is 9.88 Å². The van der Waals surface area contributed by atoms with Crippen LogP contribution < -0.4 is 20.1 Å². The summed E-state index contributed by atoms with van der Waals surface area (Å²) in [6.45, 7) is -2.05. The SMILES string of the molecule is N#Cc1c(N)sc2c(F)ccc(-c3c(Cl)c4c5c(nc(OCC67CCCN6C[C@H](F)C7)nc5c3F)N3C(CCCC3COC(F)F)CCO4)c12. The lowest BCUT2D eigenvalue weighted by Crippen LogP contribution is -2.50. The third kappa shape index (κ3) is 5.37. The molecule has 3 saturated heterocycles. The van der Waals surface area contributed by atoms with Gasteiger partial charge in [0.25, 0.3) is 0 Å². The fourth-order valence-corrected chi connectivity index (χ4v) is 9.74. The Morgan fingerprint density at radius 1 is 1.18 bits per heavy atom. The van der Waals surface area contributed by atoms with Crippen molar-refractivity contribution in [1.29, 1.82) is 5.26 Å². The number of anilines is 2. The standard InChI is InChI=1S/C34H32ClF5N6O3S/c35-25-23(19-5-6-21(37)29-22(19)20(12-41)30(42)50-29)26(38)27-24-28(25)47-10-7-17-3-1-4-18(14-48-32(39)40)46(17)31(24)44-33(43-27)49-15-34-8-2-9-45(34)13-16(36)11-34/h5-6,16-18,32H,1-4,7-11,13-15,42H2/t16-,17?,18?,34?/m1/s1. The van der Waals surface area contributed by atoms with E-state index in [1.807, 2.05) is 11.0 Å². The van der Waals surface area contributed by atoms with E-state index in [0.29, 0.717) is 32.2 Å². The van der Waals surface area contributed by atoms with Crippen molar-refractivity contribution >= 4 is 54.7 Å². The Morgan fingerprint density at radius 3 is 2.82 bits per heavy atom. The number of alkyl halides is 3. The summed E-state index contributed by atoms with van der Waals surface area (Å²) in [4.78, 5) is 13.3. The minimum Gasteiger partial charge on any atom is -0.491 e. The predicted octanol–water partition coefficient (Wildman–Crippen LogP) is 7.60. The summed E-state index contributed by atoms with van der Waals surface area (Å²) >= 11 is 7.90. The maximum Gasteiger partial charge on any atom is 0.345 e. The second-order valence-electron chi connectivity index (χ2n) is 13.4. The number of nitrogens with two attached hydrogens (primary N) is 1. The molecule has 264 valence electrons. The monoisotopic (exact) mass is 734 g/mol. The second-order valence-corrected chi connectivity index (χ2v) is 14.8. The van der Waals surface area contributed by atoms with Gasteiger partial charge in [0, 0.05) is 36.4 Å². The first-order chi connectivity index (χ1) is 24.1. The molecule has 50 heavy (non-hydrogen) atoms. The van der Waals surface area contributed by atoms with Gasteiger partial charge in [-0.05, 0) is 50.3 Å². The number of nitrogens with zero attached hydrogens (tertiary/aromatic N) is 5. The summed E-state index contributed by atoms with van der Waals surface area (Å²) < 4.78 is 91.0. The third-order valence-electron chi connectivity index (χ3n) is 10.6. The number of hydrogen-bond acceptors (Lipinski definition) is 10. The Bertz CT molecular complexity index is 2050. The molecule has 8 rings (SSSR count). The molecular formula is C34H32ClF5N6O3S. The van der Waals surface area contributed by atoms with Gasteiger partial charge in [-0.2, -0.15) is 24.0 Å². The van der Waals surface area contributed by atoms with Crippen LogP contribution in [0.3, 0.4) is 0 Å². The van der Waals surface area contributed by atoms with Gasteiger partial charge in [0.1, 0.15) is 41.0 Å². The van der Waals surface area contributed by atoms with Gasteiger partial charge in [0.15, 0.2) is 11.6 Å². The van der Waals surface area contributed by atoms with Crippen LogP contribution in [0.1, 0.15) is 50.5 Å². The van der Waals surface area contributed by atoms with Crippen LogP contribution in [0.25, 0.3) is 32.1 Å². The maximum atomic E-state index is 17.3. The van der Waals surface area contributed by atoms with Crippen LogP contribution in [0.4, 0.5) is 32.8 Å². The Hall–Kier alpha value is -3.71. The average molecular weight is 735 g/mol. The minimum atomic E-state index is -2.99. The smallest absolute Gasteiger partial charge is 0.345 e. The Balaban J connectivity index is 1.36. The van der Waals surface area contributed by atoms with Crippen molar-refractivity contribution < 1.29 is 36.2 Å². The number of aromatic nitrogens is 2. The summed E-state index contributed by atoms with van der Waals surface area (Å²) in [5.41, 5.74) is 5.20. The van der Waals surface area contributed by atoms with Crippen molar-refractivity contribution in [3.8, 4) is 29.0 Å². The molecule has 2 aromatic carbocycles. The van der Waals surface area contributed by atoms with Crippen LogP contribution in [-0.4, -0.2) is 78.2 Å². The van der Waals surface area contributed by atoms with Gasteiger partial charge < -0.3 is 24.8 Å². The molecule has 3 fully saturated rings. The van der Waals surface area contributed by atoms with Crippen LogP contribution in [-0.2, 0) is 4.74 Å². The molecule has 4 aliphatic heterocycles. The van der Waals surface area contributed by atoms with Gasteiger partial charge in [-0.15, -0.1) is 11.3 Å². The predicted molar refractivity (Wildman–Crippen MR) is 179 cm³/mol. The number of ether oxygens (including phenoxy) is 3. The van der Waals surface area contributed by atoms with E-state index < -0.39 is 36.0 Å². The first-order valence-electron chi connectivity index (χ1n) is 16.6. The Labute approximate surface area is 292 Å². The lowest BCUT2D eigenvalue weighted by molar-refractivity contribution is -0.133. The second kappa shape index (κ2) is 12.8. The maximum absolute atomic E-state index is 17.3. The molecular weight excluding hydrogens is 703 g/mol. The van der Waals surface area contributed by atoms with Crippen LogP contribution >= 0.6 is 22.9 Å². The molecule has 9 nitrogen and oxygen atoms in total. The number of rotatable bonds is 7. The summed E-state index contributed by atoms with van der Waals surface area (Å²) in [6.07, 6.45) is 3.28. The number of benzene rings is 2. The van der Waals surface area contributed by atoms with Crippen molar-refractivity contribution in [3.63, 3.8) is 0 Å². The first kappa shape index (κ1) is 33.4. The van der Waals surface area contributed by atoms with Gasteiger partial charge >= 0.3 is 12.6 Å². The van der Waals surface area contributed by atoms with Crippen molar-refractivity contribution in [2.75, 3.05) is 43.5 Å². The van der Waals surface area contributed by atoms with Crippen molar-refractivity contribution in [2.24, 2.45) is 0 Å². The van der Waals surface area contributed by atoms with Crippen molar-refractivity contribution in [2.45, 2.75) is 75.4 Å². The molecule has 4 atom stereocenters. The van der Waals surface area contributed by atoms with Crippen LogP contribution in [0.15, 0.2) is 12.1 Å². The topological polar surface area (TPSA) is 110 Å². The zero-order valence-corrected chi connectivity index (χ0v) is 28.2. The molecule has 2 aromatic heterocycles. The van der Waals surface area contributed by atoms with Gasteiger partial charge in [0.2, 0.25) is 0 Å². The fourth-order valence-electron chi connectivity index (χ4n) is 8.45. The highest BCUT2D eigenvalue weighted by Crippen LogP contribution is 2.52. The summed E-state index contributed by atoms with van der Waals surface area (Å²) in [5, 5.41) is 10.1. The van der Waals surface area contributed by atoms with Crippen LogP contribution in [0.5, 0.6) is 11.8 Å². The summed E-state index contributed by atoms with van der Waals surface area (Å²) in [5.74, 6) is -1.31. The number of thiophene rings is 1. The van der Waals surface area contributed by atoms with Crippen molar-refractivity contribution in [3.05, 3.63) is 34.4 Å². The highest BCUT2D eigenvalue weighted by atomic mass is 35.5. The highest BCUT2D eigenvalue weighted by Gasteiger charge is 2.49. The number of nitrogen functional groups attached to an aromatic ring is 1. The van der Waals surface area contributed by atoms with Gasteiger partial charge in [0.05, 0.1) is 45.5 Å². The van der Waals surface area contributed by atoms with E-state index in [9.17, 15) is 18.4 Å². The summed E-state index contributed by atoms with van der Waals surface area (Å²) in [6, 6.07) is 3.53. The summed E-state index contributed by atoms with van der Waals surface area (Å²) in [7, 11) is 0. The van der Waals surface area contributed by atoms with E-state index in [0.717, 1.165) is 36.8 Å². The van der Waals surface area contributed by atoms with E-state index in [1.165, 1.54) is 6.07 Å². The van der Waals surface area contributed by atoms with E-state index in [1.54, 1.807) is 0 Å². The Kier molecular flexibility index (Phi) is 8.56. The lowest BCUT2D eigenvalue weighted by Gasteiger charge is -2.44. The third-order valence-corrected chi connectivity index (χ3v) is 12.0. The van der Waals surface area contributed by atoms with Gasteiger partial charge in [-0.25, -0.2) is 13.2 Å². The van der Waals surface area contributed by atoms with Crippen LogP contribution in [0, 0.1) is 23.0 Å². The molecule has 0 radical (unpaired) electrons. The lowest BCUT2D eigenvalue weighted by atomic mass is 9.92. The zero-order valence-electron chi connectivity index (χ0n) is 26.7. The van der Waals surface area contributed by atoms with Crippen LogP contribution in [0.2, 0.25) is 5.02 Å². The largest absolute Gasteiger partial charge is 0.491 e. The highest BCUT2D eigenvalue weighted by molar-refractivity contribution is 7.23. The first-order valence-corrected chi connectivity index (χ1v) is 17.8. The molecule has 16 heteroatoms. The van der Waals surface area contributed by atoms with E-state index >= 15 is 8.78 Å². The zero-order chi connectivity index (χ0) is 34.9. The molecule has 4 aromatic rings. The molecule has 0 spiro atoms. The van der Waals surface area contributed by atoms with Gasteiger partial charge in [-0.3, -0.25) is 4.90 Å². The molecule has 0 amide bonds. The molecule has 6 heterocycles. The number of halogens is 6. The van der Waals surface area contributed by atoms with Crippen molar-refractivity contribution in [1.82, 2.24) is 14.9 Å². The number of hydrogen-bond donors (Lipinski definition) is 1. The molecule has 0 saturated carbocycles. The molecule has 4 aliphatic rings. The Morgan fingerprint density at radius 2 is 2.02 bits per heavy atom.